The van der Waals surface area contributed by atoms with Gasteiger partial charge in [-0.05, 0) is 11.1 Å². The van der Waals surface area contributed by atoms with Gasteiger partial charge in [0.1, 0.15) is 0 Å². The average molecular weight is 174 g/mol. The zero-order valence-electron chi connectivity index (χ0n) is 7.48. The summed E-state index contributed by atoms with van der Waals surface area (Å²) in [7, 11) is 0. The quantitative estimate of drug-likeness (QED) is 0.664. The first-order valence-electron chi connectivity index (χ1n) is 4.22. The predicted octanol–water partition coefficient (Wildman–Crippen LogP) is 1.40. The van der Waals surface area contributed by atoms with Crippen molar-refractivity contribution in [3.63, 3.8) is 0 Å². The first-order valence-corrected chi connectivity index (χ1v) is 4.22. The fraction of sp³-hybridized carbons (Fsp3) is 0.0909. The second-order valence-corrected chi connectivity index (χ2v) is 2.63. The highest BCUT2D eigenvalue weighted by atomic mass is 14.5. The van der Waals surface area contributed by atoms with Crippen LogP contribution < -0.4 is 11.5 Å². The van der Waals surface area contributed by atoms with E-state index in [1.165, 1.54) is 0 Å². The topological polar surface area (TPSA) is 52.0 Å². The Hall–Kier alpha value is -1.54. The van der Waals surface area contributed by atoms with E-state index in [0.29, 0.717) is 6.54 Å². The van der Waals surface area contributed by atoms with Crippen molar-refractivity contribution in [2.24, 2.45) is 11.5 Å². The smallest absolute Gasteiger partial charge is 0.0110 e. The van der Waals surface area contributed by atoms with Gasteiger partial charge in [0.15, 0.2) is 0 Å². The molecule has 4 N–H and O–H groups in total. The molecular weight excluding hydrogens is 160 g/mol. The highest BCUT2D eigenvalue weighted by Gasteiger charge is 1.97. The van der Waals surface area contributed by atoms with Gasteiger partial charge in [0, 0.05) is 12.7 Å². The zero-order chi connectivity index (χ0) is 9.52. The van der Waals surface area contributed by atoms with Gasteiger partial charge in [-0.1, -0.05) is 42.5 Å². The number of rotatable bonds is 2. The predicted molar refractivity (Wildman–Crippen MR) is 56.8 cm³/mol. The summed E-state index contributed by atoms with van der Waals surface area (Å²) in [4.78, 5) is 0. The van der Waals surface area contributed by atoms with Crippen molar-refractivity contribution in [2.45, 2.75) is 0 Å². The van der Waals surface area contributed by atoms with Crippen LogP contribution in [0, 0.1) is 0 Å². The van der Waals surface area contributed by atoms with Gasteiger partial charge in [-0.2, -0.15) is 0 Å². The minimum absolute atomic E-state index is 0.544. The molecule has 0 aromatic rings. The van der Waals surface area contributed by atoms with Crippen molar-refractivity contribution in [3.8, 4) is 0 Å². The molecule has 1 aliphatic carbocycles. The molecule has 0 saturated carbocycles. The van der Waals surface area contributed by atoms with E-state index in [0.717, 1.165) is 11.1 Å². The molecule has 68 valence electrons. The normalized spacial score (nSPS) is 19.5. The largest absolute Gasteiger partial charge is 0.404 e. The molecule has 0 heterocycles. The monoisotopic (exact) mass is 174 g/mol. The summed E-state index contributed by atoms with van der Waals surface area (Å²) in [5.41, 5.74) is 12.9. The lowest BCUT2D eigenvalue weighted by Crippen LogP contribution is -1.94. The molecule has 0 bridgehead atoms. The van der Waals surface area contributed by atoms with Crippen molar-refractivity contribution >= 4 is 0 Å². The maximum absolute atomic E-state index is 5.49. The summed E-state index contributed by atoms with van der Waals surface area (Å²) in [6.45, 7) is 0.544. The first kappa shape index (κ1) is 9.55. The van der Waals surface area contributed by atoms with E-state index in [-0.39, 0.29) is 0 Å². The minimum Gasteiger partial charge on any atom is -0.404 e. The Labute approximate surface area is 78.6 Å². The molecule has 0 aromatic carbocycles. The summed E-state index contributed by atoms with van der Waals surface area (Å²) in [5, 5.41) is 0. The van der Waals surface area contributed by atoms with E-state index >= 15 is 0 Å². The number of allylic oxidation sites excluding steroid dienone is 8. The van der Waals surface area contributed by atoms with Gasteiger partial charge in [-0.3, -0.25) is 0 Å². The third-order valence-electron chi connectivity index (χ3n) is 1.72. The Bertz CT molecular complexity index is 304. The second kappa shape index (κ2) is 5.17. The van der Waals surface area contributed by atoms with Crippen molar-refractivity contribution in [3.05, 3.63) is 59.9 Å². The van der Waals surface area contributed by atoms with Gasteiger partial charge in [0.25, 0.3) is 0 Å². The first-order chi connectivity index (χ1) is 6.38. The van der Waals surface area contributed by atoms with Crippen LogP contribution in [0.5, 0.6) is 0 Å². The van der Waals surface area contributed by atoms with Crippen LogP contribution in [0.25, 0.3) is 0 Å². The molecule has 0 aromatic heterocycles. The molecule has 0 spiro atoms. The van der Waals surface area contributed by atoms with E-state index < -0.39 is 0 Å². The Morgan fingerprint density at radius 1 is 1.23 bits per heavy atom. The average Bonchev–Trinajstić information content (AvgIpc) is 2.39. The molecular formula is C11H14N2. The Balaban J connectivity index is 2.90. The SMILES string of the molecule is N/C=C1/C=CC=CC=C1/C=C/CN. The summed E-state index contributed by atoms with van der Waals surface area (Å²) in [5.74, 6) is 0. The van der Waals surface area contributed by atoms with E-state index in [1.54, 1.807) is 6.20 Å². The third kappa shape index (κ3) is 2.76. The standard InChI is InChI=1S/C11H14N2/c12-8-4-7-10-5-2-1-3-6-11(10)9-13/h1-7,9H,8,12-13H2/b7-4+,11-9-. The lowest BCUT2D eigenvalue weighted by atomic mass is 10.1. The van der Waals surface area contributed by atoms with E-state index in [4.69, 9.17) is 11.5 Å². The van der Waals surface area contributed by atoms with Crippen LogP contribution in [0.3, 0.4) is 0 Å². The van der Waals surface area contributed by atoms with E-state index in [1.807, 2.05) is 42.5 Å². The summed E-state index contributed by atoms with van der Waals surface area (Å²) < 4.78 is 0. The maximum Gasteiger partial charge on any atom is 0.0110 e. The summed E-state index contributed by atoms with van der Waals surface area (Å²) in [6, 6.07) is 0. The maximum atomic E-state index is 5.49. The van der Waals surface area contributed by atoms with Crippen LogP contribution >= 0.6 is 0 Å². The van der Waals surface area contributed by atoms with Crippen LogP contribution in [0.2, 0.25) is 0 Å². The highest BCUT2D eigenvalue weighted by molar-refractivity contribution is 5.50. The second-order valence-electron chi connectivity index (χ2n) is 2.63. The molecule has 2 nitrogen and oxygen atoms in total. The van der Waals surface area contributed by atoms with Gasteiger partial charge < -0.3 is 11.5 Å². The fourth-order valence-corrected chi connectivity index (χ4v) is 1.07. The van der Waals surface area contributed by atoms with Gasteiger partial charge in [0.05, 0.1) is 0 Å². The van der Waals surface area contributed by atoms with Crippen LogP contribution in [-0.2, 0) is 0 Å². The van der Waals surface area contributed by atoms with Gasteiger partial charge in [-0.15, -0.1) is 0 Å². The minimum atomic E-state index is 0.544. The Kier molecular flexibility index (Phi) is 3.79. The van der Waals surface area contributed by atoms with Crippen molar-refractivity contribution in [1.29, 1.82) is 0 Å². The fourth-order valence-electron chi connectivity index (χ4n) is 1.07. The molecule has 0 saturated heterocycles. The zero-order valence-corrected chi connectivity index (χ0v) is 7.48. The molecule has 0 aliphatic heterocycles. The van der Waals surface area contributed by atoms with Crippen LogP contribution in [0.4, 0.5) is 0 Å². The van der Waals surface area contributed by atoms with Crippen molar-refractivity contribution in [1.82, 2.24) is 0 Å². The molecule has 2 heteroatoms. The molecule has 0 amide bonds. The van der Waals surface area contributed by atoms with E-state index in [2.05, 4.69) is 0 Å². The third-order valence-corrected chi connectivity index (χ3v) is 1.72. The molecule has 13 heavy (non-hydrogen) atoms. The molecule has 0 fully saturated rings. The number of nitrogens with two attached hydrogens (primary N) is 2. The number of hydrogen-bond acceptors (Lipinski definition) is 2. The van der Waals surface area contributed by atoms with Crippen molar-refractivity contribution < 1.29 is 0 Å². The lowest BCUT2D eigenvalue weighted by molar-refractivity contribution is 1.25. The van der Waals surface area contributed by atoms with Crippen LogP contribution in [0.1, 0.15) is 0 Å². The van der Waals surface area contributed by atoms with Crippen molar-refractivity contribution in [2.75, 3.05) is 6.54 Å². The Morgan fingerprint density at radius 2 is 2.08 bits per heavy atom. The highest BCUT2D eigenvalue weighted by Crippen LogP contribution is 2.14. The van der Waals surface area contributed by atoms with Gasteiger partial charge in [-0.25, -0.2) is 0 Å². The Morgan fingerprint density at radius 3 is 2.77 bits per heavy atom. The molecule has 0 radical (unpaired) electrons. The lowest BCUT2D eigenvalue weighted by Gasteiger charge is -1.99. The molecule has 1 rings (SSSR count). The summed E-state index contributed by atoms with van der Waals surface area (Å²) in [6.07, 6.45) is 15.3. The molecule has 1 aliphatic rings. The summed E-state index contributed by atoms with van der Waals surface area (Å²) >= 11 is 0. The van der Waals surface area contributed by atoms with Gasteiger partial charge >= 0.3 is 0 Å². The van der Waals surface area contributed by atoms with Crippen LogP contribution in [0.15, 0.2) is 59.9 Å². The van der Waals surface area contributed by atoms with Crippen LogP contribution in [-0.4, -0.2) is 6.54 Å². The molecule has 0 unspecified atom stereocenters. The van der Waals surface area contributed by atoms with Gasteiger partial charge in [0.2, 0.25) is 0 Å². The molecule has 0 atom stereocenters. The number of hydrogen-bond donors (Lipinski definition) is 2. The van der Waals surface area contributed by atoms with E-state index in [9.17, 15) is 0 Å².